The number of amides is 1. The van der Waals surface area contributed by atoms with E-state index >= 15 is 0 Å². The molecule has 0 atom stereocenters. The molecule has 0 saturated heterocycles. The van der Waals surface area contributed by atoms with Crippen molar-refractivity contribution in [2.24, 2.45) is 0 Å². The average molecular weight is 379 g/mol. The average Bonchev–Trinajstić information content (AvgIpc) is 3.35. The maximum atomic E-state index is 12.4. The molecule has 1 aliphatic heterocycles. The normalized spacial score (nSPS) is 12.2. The molecule has 0 spiro atoms. The molecule has 0 saturated carbocycles. The monoisotopic (exact) mass is 379 g/mol. The van der Waals surface area contributed by atoms with Gasteiger partial charge in [0.05, 0.1) is 0 Å². The van der Waals surface area contributed by atoms with Crippen LogP contribution < -0.4 is 9.47 Å². The van der Waals surface area contributed by atoms with Crippen molar-refractivity contribution < 1.29 is 18.7 Å². The Kier molecular flexibility index (Phi) is 4.97. The number of hydrogen-bond acceptors (Lipinski definition) is 6. The van der Waals surface area contributed by atoms with E-state index in [1.807, 2.05) is 49.4 Å². The van der Waals surface area contributed by atoms with E-state index in [1.165, 1.54) is 5.56 Å². The zero-order chi connectivity index (χ0) is 19.5. The molecule has 0 unspecified atom stereocenters. The van der Waals surface area contributed by atoms with E-state index in [1.54, 1.807) is 11.9 Å². The number of rotatable bonds is 6. The van der Waals surface area contributed by atoms with Crippen molar-refractivity contribution in [3.05, 3.63) is 59.5 Å². The first-order chi connectivity index (χ1) is 13.6. The van der Waals surface area contributed by atoms with Crippen LogP contribution in [0.15, 0.2) is 46.9 Å². The lowest BCUT2D eigenvalue weighted by Crippen LogP contribution is -2.26. The highest BCUT2D eigenvalue weighted by Crippen LogP contribution is 2.32. The maximum Gasteiger partial charge on any atom is 0.247 e. The van der Waals surface area contributed by atoms with E-state index in [0.29, 0.717) is 36.9 Å². The molecule has 144 valence electrons. The molecular weight excluding hydrogens is 358 g/mol. The second kappa shape index (κ2) is 7.72. The highest BCUT2D eigenvalue weighted by molar-refractivity contribution is 5.76. The van der Waals surface area contributed by atoms with Crippen molar-refractivity contribution in [2.75, 3.05) is 13.8 Å². The SMILES string of the molecule is Cc1ccc(-c2nnc(CCC(=O)N(C)Cc3ccc4c(c3)OCO4)o2)cc1. The van der Waals surface area contributed by atoms with Crippen LogP contribution in [0.3, 0.4) is 0 Å². The summed E-state index contributed by atoms with van der Waals surface area (Å²) in [5.74, 6) is 2.38. The van der Waals surface area contributed by atoms with E-state index in [4.69, 9.17) is 13.9 Å². The smallest absolute Gasteiger partial charge is 0.247 e. The Morgan fingerprint density at radius 1 is 1.07 bits per heavy atom. The van der Waals surface area contributed by atoms with Gasteiger partial charge in [0.15, 0.2) is 11.5 Å². The zero-order valence-corrected chi connectivity index (χ0v) is 15.8. The molecule has 2 aromatic carbocycles. The lowest BCUT2D eigenvalue weighted by molar-refractivity contribution is -0.130. The minimum absolute atomic E-state index is 0.00718. The van der Waals surface area contributed by atoms with Crippen molar-refractivity contribution in [3.63, 3.8) is 0 Å². The lowest BCUT2D eigenvalue weighted by atomic mass is 10.1. The lowest BCUT2D eigenvalue weighted by Gasteiger charge is -2.17. The third kappa shape index (κ3) is 3.98. The molecule has 4 rings (SSSR count). The standard InChI is InChI=1S/C21H21N3O4/c1-14-3-6-16(7-4-14)21-23-22-19(28-21)9-10-20(25)24(2)12-15-5-8-17-18(11-15)27-13-26-17/h3-8,11H,9-10,12-13H2,1-2H3. The fraction of sp³-hybridized carbons (Fsp3) is 0.286. The summed E-state index contributed by atoms with van der Waals surface area (Å²) in [6.45, 7) is 2.75. The number of carbonyl (C=O) groups is 1. The molecule has 0 N–H and O–H groups in total. The number of ether oxygens (including phenoxy) is 2. The fourth-order valence-corrected chi connectivity index (χ4v) is 2.97. The van der Waals surface area contributed by atoms with Gasteiger partial charge in [-0.1, -0.05) is 23.8 Å². The number of nitrogens with zero attached hydrogens (tertiary/aromatic N) is 3. The van der Waals surface area contributed by atoms with Crippen molar-refractivity contribution in [2.45, 2.75) is 26.3 Å². The summed E-state index contributed by atoms with van der Waals surface area (Å²) in [5, 5.41) is 8.12. The van der Waals surface area contributed by atoms with E-state index in [-0.39, 0.29) is 12.7 Å². The molecule has 2 heterocycles. The summed E-state index contributed by atoms with van der Waals surface area (Å²) in [4.78, 5) is 14.1. The topological polar surface area (TPSA) is 77.7 Å². The first kappa shape index (κ1) is 18.0. The molecule has 7 nitrogen and oxygen atoms in total. The predicted molar refractivity (Wildman–Crippen MR) is 102 cm³/mol. The summed E-state index contributed by atoms with van der Waals surface area (Å²) >= 11 is 0. The summed E-state index contributed by atoms with van der Waals surface area (Å²) in [7, 11) is 1.78. The van der Waals surface area contributed by atoms with Crippen LogP contribution in [0.4, 0.5) is 0 Å². The van der Waals surface area contributed by atoms with E-state index in [2.05, 4.69) is 10.2 Å². The van der Waals surface area contributed by atoms with Gasteiger partial charge in [-0.05, 0) is 36.8 Å². The summed E-state index contributed by atoms with van der Waals surface area (Å²) in [6, 6.07) is 13.6. The summed E-state index contributed by atoms with van der Waals surface area (Å²) < 4.78 is 16.4. The molecule has 1 aliphatic rings. The molecule has 3 aromatic rings. The highest BCUT2D eigenvalue weighted by Gasteiger charge is 2.16. The van der Waals surface area contributed by atoms with Crippen LogP contribution in [-0.4, -0.2) is 34.8 Å². The van der Waals surface area contributed by atoms with Crippen molar-refractivity contribution in [3.8, 4) is 23.0 Å². The van der Waals surface area contributed by atoms with Crippen LogP contribution in [-0.2, 0) is 17.8 Å². The molecule has 0 bridgehead atoms. The first-order valence-corrected chi connectivity index (χ1v) is 9.10. The molecular formula is C21H21N3O4. The van der Waals surface area contributed by atoms with Crippen LogP contribution >= 0.6 is 0 Å². The molecule has 0 aliphatic carbocycles. The number of benzene rings is 2. The second-order valence-corrected chi connectivity index (χ2v) is 6.80. The number of aryl methyl sites for hydroxylation is 2. The Labute approximate surface area is 162 Å². The Morgan fingerprint density at radius 2 is 1.86 bits per heavy atom. The van der Waals surface area contributed by atoms with Gasteiger partial charge in [0.2, 0.25) is 24.5 Å². The Balaban J connectivity index is 1.32. The van der Waals surface area contributed by atoms with Gasteiger partial charge in [0, 0.05) is 32.0 Å². The van der Waals surface area contributed by atoms with E-state index in [0.717, 1.165) is 16.9 Å². The van der Waals surface area contributed by atoms with Gasteiger partial charge in [0.1, 0.15) is 0 Å². The minimum atomic E-state index is 0.00718. The molecule has 0 fully saturated rings. The highest BCUT2D eigenvalue weighted by atomic mass is 16.7. The first-order valence-electron chi connectivity index (χ1n) is 9.10. The Bertz CT molecular complexity index is 982. The second-order valence-electron chi connectivity index (χ2n) is 6.80. The number of aromatic nitrogens is 2. The molecule has 7 heteroatoms. The van der Waals surface area contributed by atoms with E-state index < -0.39 is 0 Å². The minimum Gasteiger partial charge on any atom is -0.454 e. The fourth-order valence-electron chi connectivity index (χ4n) is 2.97. The maximum absolute atomic E-state index is 12.4. The van der Waals surface area contributed by atoms with Gasteiger partial charge in [-0.25, -0.2) is 0 Å². The van der Waals surface area contributed by atoms with Crippen molar-refractivity contribution in [1.29, 1.82) is 0 Å². The van der Waals surface area contributed by atoms with Crippen LogP contribution in [0.2, 0.25) is 0 Å². The molecule has 0 radical (unpaired) electrons. The third-order valence-electron chi connectivity index (χ3n) is 4.60. The van der Waals surface area contributed by atoms with Gasteiger partial charge in [-0.3, -0.25) is 4.79 Å². The van der Waals surface area contributed by atoms with Gasteiger partial charge < -0.3 is 18.8 Å². The van der Waals surface area contributed by atoms with Gasteiger partial charge in [0.25, 0.3) is 0 Å². The van der Waals surface area contributed by atoms with Crippen LogP contribution in [0.25, 0.3) is 11.5 Å². The van der Waals surface area contributed by atoms with Crippen LogP contribution in [0.1, 0.15) is 23.4 Å². The molecule has 1 amide bonds. The van der Waals surface area contributed by atoms with Crippen LogP contribution in [0, 0.1) is 6.92 Å². The van der Waals surface area contributed by atoms with Crippen LogP contribution in [0.5, 0.6) is 11.5 Å². The number of hydrogen-bond donors (Lipinski definition) is 0. The van der Waals surface area contributed by atoms with Crippen molar-refractivity contribution >= 4 is 5.91 Å². The predicted octanol–water partition coefficient (Wildman–Crippen LogP) is 3.36. The van der Waals surface area contributed by atoms with Gasteiger partial charge in [-0.15, -0.1) is 10.2 Å². The van der Waals surface area contributed by atoms with Crippen molar-refractivity contribution in [1.82, 2.24) is 15.1 Å². The number of fused-ring (bicyclic) bond motifs is 1. The van der Waals surface area contributed by atoms with Gasteiger partial charge in [-0.2, -0.15) is 0 Å². The Morgan fingerprint density at radius 3 is 2.68 bits per heavy atom. The quantitative estimate of drug-likeness (QED) is 0.654. The largest absolute Gasteiger partial charge is 0.454 e. The van der Waals surface area contributed by atoms with E-state index in [9.17, 15) is 4.79 Å². The Hall–Kier alpha value is -3.35. The number of carbonyl (C=O) groups excluding carboxylic acids is 1. The zero-order valence-electron chi connectivity index (χ0n) is 15.8. The van der Waals surface area contributed by atoms with Gasteiger partial charge >= 0.3 is 0 Å². The summed E-state index contributed by atoms with van der Waals surface area (Å²) in [5.41, 5.74) is 3.02. The summed E-state index contributed by atoms with van der Waals surface area (Å²) in [6.07, 6.45) is 0.708. The molecule has 28 heavy (non-hydrogen) atoms. The third-order valence-corrected chi connectivity index (χ3v) is 4.60. The molecule has 1 aromatic heterocycles.